The lowest BCUT2D eigenvalue weighted by Crippen LogP contribution is -2.08. The van der Waals surface area contributed by atoms with Gasteiger partial charge in [0.25, 0.3) is 0 Å². The van der Waals surface area contributed by atoms with Crippen LogP contribution in [0, 0.1) is 13.8 Å². The fraction of sp³-hybridized carbons (Fsp3) is 0.357. The van der Waals surface area contributed by atoms with Gasteiger partial charge in [0, 0.05) is 10.9 Å². The normalized spacial score (nSPS) is 11.3. The lowest BCUT2D eigenvalue weighted by atomic mass is 10.0. The van der Waals surface area contributed by atoms with Gasteiger partial charge in [-0.3, -0.25) is 0 Å². The molecule has 0 saturated heterocycles. The number of hydrogen-bond acceptors (Lipinski definition) is 2. The number of aryl methyl sites for hydroxylation is 2. The molecule has 0 aliphatic carbocycles. The van der Waals surface area contributed by atoms with E-state index in [-0.39, 0.29) is 11.5 Å². The minimum absolute atomic E-state index is 0.197. The average Bonchev–Trinajstić information content (AvgIpc) is 2.19. The van der Waals surface area contributed by atoms with Gasteiger partial charge in [0.05, 0.1) is 0 Å². The average molecular weight is 216 g/mol. The first-order valence-electron chi connectivity index (χ1n) is 5.54. The van der Waals surface area contributed by atoms with E-state index in [0.29, 0.717) is 5.58 Å². The van der Waals surface area contributed by atoms with Crippen LogP contribution in [-0.2, 0) is 0 Å². The largest absolute Gasteiger partial charge is 0.423 e. The SMILES string of the molecule is Cc1cc2cc(C(C)C)c(=O)oc2cc1C. The van der Waals surface area contributed by atoms with Crippen molar-refractivity contribution >= 4 is 11.0 Å². The molecule has 1 heterocycles. The monoisotopic (exact) mass is 216 g/mol. The summed E-state index contributed by atoms with van der Waals surface area (Å²) in [4.78, 5) is 11.7. The number of rotatable bonds is 1. The summed E-state index contributed by atoms with van der Waals surface area (Å²) in [6.45, 7) is 8.08. The zero-order valence-corrected chi connectivity index (χ0v) is 10.1. The maximum atomic E-state index is 11.7. The molecule has 84 valence electrons. The Balaban J connectivity index is 2.80. The van der Waals surface area contributed by atoms with Gasteiger partial charge in [-0.15, -0.1) is 0 Å². The van der Waals surface area contributed by atoms with Crippen molar-refractivity contribution in [3.8, 4) is 0 Å². The lowest BCUT2D eigenvalue weighted by Gasteiger charge is -2.07. The van der Waals surface area contributed by atoms with Crippen molar-refractivity contribution in [2.24, 2.45) is 0 Å². The Morgan fingerprint density at radius 1 is 1.06 bits per heavy atom. The summed E-state index contributed by atoms with van der Waals surface area (Å²) in [5.74, 6) is 0.197. The quantitative estimate of drug-likeness (QED) is 0.682. The van der Waals surface area contributed by atoms with Gasteiger partial charge in [-0.2, -0.15) is 0 Å². The Morgan fingerprint density at radius 2 is 1.69 bits per heavy atom. The molecule has 0 aliphatic rings. The van der Waals surface area contributed by atoms with Gasteiger partial charge >= 0.3 is 5.63 Å². The van der Waals surface area contributed by atoms with Crippen LogP contribution in [0.25, 0.3) is 11.0 Å². The highest BCUT2D eigenvalue weighted by molar-refractivity contribution is 5.78. The first-order chi connectivity index (χ1) is 7.49. The minimum atomic E-state index is -0.217. The zero-order chi connectivity index (χ0) is 11.9. The van der Waals surface area contributed by atoms with Crippen LogP contribution < -0.4 is 5.63 Å². The van der Waals surface area contributed by atoms with Crippen LogP contribution in [0.3, 0.4) is 0 Å². The van der Waals surface area contributed by atoms with Crippen molar-refractivity contribution < 1.29 is 4.42 Å². The van der Waals surface area contributed by atoms with E-state index in [1.165, 1.54) is 5.56 Å². The Morgan fingerprint density at radius 3 is 2.31 bits per heavy atom. The molecule has 1 aromatic carbocycles. The molecule has 0 unspecified atom stereocenters. The number of benzene rings is 1. The third-order valence-electron chi connectivity index (χ3n) is 3.00. The standard InChI is InChI=1S/C14H16O2/c1-8(2)12-7-11-5-9(3)10(4)6-13(11)16-14(12)15/h5-8H,1-4H3. The Labute approximate surface area is 94.9 Å². The van der Waals surface area contributed by atoms with E-state index in [2.05, 4.69) is 13.0 Å². The van der Waals surface area contributed by atoms with Crippen molar-refractivity contribution in [1.29, 1.82) is 0 Å². The maximum Gasteiger partial charge on any atom is 0.339 e. The molecule has 0 aliphatic heterocycles. The fourth-order valence-corrected chi connectivity index (χ4v) is 1.80. The highest BCUT2D eigenvalue weighted by Crippen LogP contribution is 2.21. The second kappa shape index (κ2) is 3.78. The Hall–Kier alpha value is -1.57. The van der Waals surface area contributed by atoms with Crippen molar-refractivity contribution in [3.05, 3.63) is 45.3 Å². The van der Waals surface area contributed by atoms with Crippen molar-refractivity contribution in [3.63, 3.8) is 0 Å². The number of fused-ring (bicyclic) bond motifs is 1. The van der Waals surface area contributed by atoms with E-state index in [1.54, 1.807) is 0 Å². The third kappa shape index (κ3) is 1.75. The first-order valence-corrected chi connectivity index (χ1v) is 5.54. The summed E-state index contributed by atoms with van der Waals surface area (Å²) >= 11 is 0. The molecule has 1 aromatic heterocycles. The molecular formula is C14H16O2. The lowest BCUT2D eigenvalue weighted by molar-refractivity contribution is 0.544. The second-order valence-corrected chi connectivity index (χ2v) is 4.62. The van der Waals surface area contributed by atoms with Crippen molar-refractivity contribution in [1.82, 2.24) is 0 Å². The van der Waals surface area contributed by atoms with E-state index >= 15 is 0 Å². The summed E-state index contributed by atoms with van der Waals surface area (Å²) < 4.78 is 5.33. The highest BCUT2D eigenvalue weighted by atomic mass is 16.4. The van der Waals surface area contributed by atoms with Crippen LogP contribution in [-0.4, -0.2) is 0 Å². The first kappa shape index (κ1) is 10.9. The van der Waals surface area contributed by atoms with Crippen LogP contribution in [0.4, 0.5) is 0 Å². The fourth-order valence-electron chi connectivity index (χ4n) is 1.80. The molecule has 0 fully saturated rings. The summed E-state index contributed by atoms with van der Waals surface area (Å²) in [6.07, 6.45) is 0. The molecule has 0 amide bonds. The van der Waals surface area contributed by atoms with Gasteiger partial charge < -0.3 is 4.42 Å². The molecule has 2 aromatic rings. The van der Waals surface area contributed by atoms with Crippen LogP contribution in [0.5, 0.6) is 0 Å². The third-order valence-corrected chi connectivity index (χ3v) is 3.00. The molecule has 0 saturated carbocycles. The Bertz CT molecular complexity index is 591. The molecular weight excluding hydrogens is 200 g/mol. The van der Waals surface area contributed by atoms with Gasteiger partial charge in [-0.05, 0) is 49.1 Å². The topological polar surface area (TPSA) is 30.2 Å². The smallest absolute Gasteiger partial charge is 0.339 e. The van der Waals surface area contributed by atoms with E-state index in [1.807, 2.05) is 32.9 Å². The minimum Gasteiger partial charge on any atom is -0.423 e. The molecule has 2 nitrogen and oxygen atoms in total. The maximum absolute atomic E-state index is 11.7. The molecule has 2 heteroatoms. The van der Waals surface area contributed by atoms with Gasteiger partial charge in [-0.1, -0.05) is 13.8 Å². The highest BCUT2D eigenvalue weighted by Gasteiger charge is 2.09. The summed E-state index contributed by atoms with van der Waals surface area (Å²) in [6, 6.07) is 5.94. The molecule has 0 radical (unpaired) electrons. The van der Waals surface area contributed by atoms with Crippen molar-refractivity contribution in [2.45, 2.75) is 33.6 Å². The number of hydrogen-bond donors (Lipinski definition) is 0. The van der Waals surface area contributed by atoms with Crippen molar-refractivity contribution in [2.75, 3.05) is 0 Å². The van der Waals surface area contributed by atoms with E-state index < -0.39 is 0 Å². The molecule has 2 rings (SSSR count). The van der Waals surface area contributed by atoms with E-state index in [0.717, 1.165) is 16.5 Å². The van der Waals surface area contributed by atoms with Gasteiger partial charge in [0.15, 0.2) is 0 Å². The predicted molar refractivity (Wildman–Crippen MR) is 66.0 cm³/mol. The molecule has 0 N–H and O–H groups in total. The van der Waals surface area contributed by atoms with E-state index in [9.17, 15) is 4.79 Å². The Kier molecular flexibility index (Phi) is 2.58. The van der Waals surface area contributed by atoms with E-state index in [4.69, 9.17) is 4.42 Å². The van der Waals surface area contributed by atoms with Crippen LogP contribution >= 0.6 is 0 Å². The van der Waals surface area contributed by atoms with Gasteiger partial charge in [0.2, 0.25) is 0 Å². The molecule has 0 spiro atoms. The molecule has 0 bridgehead atoms. The van der Waals surface area contributed by atoms with Gasteiger partial charge in [-0.25, -0.2) is 4.79 Å². The summed E-state index contributed by atoms with van der Waals surface area (Å²) in [5.41, 5.74) is 3.57. The summed E-state index contributed by atoms with van der Waals surface area (Å²) in [5, 5.41) is 1.01. The summed E-state index contributed by atoms with van der Waals surface area (Å²) in [7, 11) is 0. The second-order valence-electron chi connectivity index (χ2n) is 4.62. The molecule has 0 atom stereocenters. The van der Waals surface area contributed by atoms with Gasteiger partial charge in [0.1, 0.15) is 5.58 Å². The van der Waals surface area contributed by atoms with Crippen LogP contribution in [0.2, 0.25) is 0 Å². The predicted octanol–water partition coefficient (Wildman–Crippen LogP) is 3.53. The van der Waals surface area contributed by atoms with Crippen LogP contribution in [0.15, 0.2) is 27.4 Å². The zero-order valence-electron chi connectivity index (χ0n) is 10.1. The van der Waals surface area contributed by atoms with Crippen LogP contribution in [0.1, 0.15) is 36.5 Å². The molecule has 16 heavy (non-hydrogen) atoms.